The van der Waals surface area contributed by atoms with E-state index in [2.05, 4.69) is 32.7 Å². The van der Waals surface area contributed by atoms with E-state index in [0.717, 1.165) is 12.1 Å². The Morgan fingerprint density at radius 2 is 2.00 bits per heavy atom. The first kappa shape index (κ1) is 13.2. The standard InChI is InChI=1S/C12H23N3O/c1-8(2)5-10(13)12(16)11-6-14-7-15(11)9(3)4/h6-10,12,16H,5,13H2,1-4H3. The van der Waals surface area contributed by atoms with E-state index >= 15 is 0 Å². The first-order chi connectivity index (χ1) is 7.43. The maximum atomic E-state index is 10.2. The Labute approximate surface area is 97.5 Å². The van der Waals surface area contributed by atoms with Crippen molar-refractivity contribution in [1.82, 2.24) is 9.55 Å². The summed E-state index contributed by atoms with van der Waals surface area (Å²) >= 11 is 0. The van der Waals surface area contributed by atoms with E-state index in [-0.39, 0.29) is 6.04 Å². The Morgan fingerprint density at radius 3 is 2.50 bits per heavy atom. The molecule has 3 N–H and O–H groups in total. The molecular weight excluding hydrogens is 202 g/mol. The monoisotopic (exact) mass is 225 g/mol. The van der Waals surface area contributed by atoms with Crippen molar-refractivity contribution in [3.63, 3.8) is 0 Å². The van der Waals surface area contributed by atoms with Gasteiger partial charge < -0.3 is 15.4 Å². The van der Waals surface area contributed by atoms with Gasteiger partial charge in [-0.3, -0.25) is 0 Å². The zero-order valence-electron chi connectivity index (χ0n) is 10.6. The molecule has 0 radical (unpaired) electrons. The number of hydrogen-bond acceptors (Lipinski definition) is 3. The molecule has 2 atom stereocenters. The van der Waals surface area contributed by atoms with Crippen molar-refractivity contribution in [1.29, 1.82) is 0 Å². The molecule has 2 unspecified atom stereocenters. The number of imidazole rings is 1. The molecule has 0 aliphatic carbocycles. The molecule has 1 aromatic heterocycles. The van der Waals surface area contributed by atoms with Crippen LogP contribution in [0.3, 0.4) is 0 Å². The van der Waals surface area contributed by atoms with Gasteiger partial charge in [0.05, 0.1) is 18.2 Å². The normalized spacial score (nSPS) is 15.8. The zero-order chi connectivity index (χ0) is 12.3. The van der Waals surface area contributed by atoms with Crippen LogP contribution in [0, 0.1) is 5.92 Å². The maximum absolute atomic E-state index is 10.2. The number of hydrogen-bond donors (Lipinski definition) is 2. The van der Waals surface area contributed by atoms with Crippen molar-refractivity contribution in [2.75, 3.05) is 0 Å². The molecule has 0 fully saturated rings. The molecule has 0 aromatic carbocycles. The minimum absolute atomic E-state index is 0.228. The van der Waals surface area contributed by atoms with Crippen LogP contribution in [-0.2, 0) is 0 Å². The van der Waals surface area contributed by atoms with Crippen LogP contribution in [0.25, 0.3) is 0 Å². The number of nitrogens with zero attached hydrogens (tertiary/aromatic N) is 2. The summed E-state index contributed by atoms with van der Waals surface area (Å²) in [5.41, 5.74) is 6.80. The van der Waals surface area contributed by atoms with Crippen LogP contribution >= 0.6 is 0 Å². The van der Waals surface area contributed by atoms with E-state index in [9.17, 15) is 5.11 Å². The lowest BCUT2D eigenvalue weighted by molar-refractivity contribution is 0.126. The summed E-state index contributed by atoms with van der Waals surface area (Å²) in [5.74, 6) is 0.486. The van der Waals surface area contributed by atoms with E-state index in [4.69, 9.17) is 5.73 Å². The Bertz CT molecular complexity index is 320. The van der Waals surface area contributed by atoms with Crippen LogP contribution in [0.15, 0.2) is 12.5 Å². The van der Waals surface area contributed by atoms with Gasteiger partial charge in [0.15, 0.2) is 0 Å². The molecule has 1 heterocycles. The lowest BCUT2D eigenvalue weighted by Gasteiger charge is -2.22. The van der Waals surface area contributed by atoms with E-state index in [1.54, 1.807) is 12.5 Å². The third kappa shape index (κ3) is 3.06. The van der Waals surface area contributed by atoms with Crippen molar-refractivity contribution in [3.05, 3.63) is 18.2 Å². The molecule has 0 aliphatic heterocycles. The Morgan fingerprint density at radius 1 is 1.38 bits per heavy atom. The molecule has 4 nitrogen and oxygen atoms in total. The molecule has 16 heavy (non-hydrogen) atoms. The molecule has 0 saturated heterocycles. The van der Waals surface area contributed by atoms with Gasteiger partial charge in [0, 0.05) is 12.1 Å². The van der Waals surface area contributed by atoms with Gasteiger partial charge in [-0.05, 0) is 26.2 Å². The van der Waals surface area contributed by atoms with Crippen LogP contribution in [0.5, 0.6) is 0 Å². The summed E-state index contributed by atoms with van der Waals surface area (Å²) in [7, 11) is 0. The minimum Gasteiger partial charge on any atom is -0.385 e. The third-order valence-electron chi connectivity index (χ3n) is 2.70. The third-order valence-corrected chi connectivity index (χ3v) is 2.70. The molecule has 0 bridgehead atoms. The Balaban J connectivity index is 2.79. The molecule has 4 heteroatoms. The largest absolute Gasteiger partial charge is 0.385 e. The Kier molecular flexibility index (Phi) is 4.50. The van der Waals surface area contributed by atoms with Gasteiger partial charge in [0.2, 0.25) is 0 Å². The lowest BCUT2D eigenvalue weighted by Crippen LogP contribution is -2.31. The summed E-state index contributed by atoms with van der Waals surface area (Å²) < 4.78 is 1.96. The van der Waals surface area contributed by atoms with Crippen molar-refractivity contribution in [2.24, 2.45) is 11.7 Å². The van der Waals surface area contributed by atoms with Crippen LogP contribution in [-0.4, -0.2) is 20.7 Å². The highest BCUT2D eigenvalue weighted by Crippen LogP contribution is 2.22. The number of aliphatic hydroxyl groups excluding tert-OH is 1. The molecular formula is C12H23N3O. The SMILES string of the molecule is CC(C)CC(N)C(O)c1cncn1C(C)C. The maximum Gasteiger partial charge on any atom is 0.111 e. The highest BCUT2D eigenvalue weighted by molar-refractivity contribution is 5.06. The number of rotatable bonds is 5. The smallest absolute Gasteiger partial charge is 0.111 e. The summed E-state index contributed by atoms with van der Waals surface area (Å²) in [6.07, 6.45) is 3.62. The van der Waals surface area contributed by atoms with E-state index in [1.165, 1.54) is 0 Å². The number of nitrogens with two attached hydrogens (primary N) is 1. The van der Waals surface area contributed by atoms with Crippen molar-refractivity contribution in [2.45, 2.75) is 52.3 Å². The second-order valence-corrected chi connectivity index (χ2v) is 5.06. The number of aromatic nitrogens is 2. The van der Waals surface area contributed by atoms with Crippen LogP contribution in [0.4, 0.5) is 0 Å². The minimum atomic E-state index is -0.632. The second-order valence-electron chi connectivity index (χ2n) is 5.06. The van der Waals surface area contributed by atoms with Gasteiger partial charge >= 0.3 is 0 Å². The molecule has 0 saturated carbocycles. The van der Waals surface area contributed by atoms with E-state index < -0.39 is 6.10 Å². The fourth-order valence-corrected chi connectivity index (χ4v) is 1.87. The van der Waals surface area contributed by atoms with E-state index in [0.29, 0.717) is 12.0 Å². The van der Waals surface area contributed by atoms with Gasteiger partial charge in [0.25, 0.3) is 0 Å². The lowest BCUT2D eigenvalue weighted by atomic mass is 9.98. The number of aliphatic hydroxyl groups is 1. The fourth-order valence-electron chi connectivity index (χ4n) is 1.87. The summed E-state index contributed by atoms with van der Waals surface area (Å²) in [4.78, 5) is 4.07. The van der Waals surface area contributed by atoms with Crippen molar-refractivity contribution < 1.29 is 5.11 Å². The topological polar surface area (TPSA) is 64.1 Å². The van der Waals surface area contributed by atoms with Crippen molar-refractivity contribution >= 4 is 0 Å². The molecule has 1 rings (SSSR count). The van der Waals surface area contributed by atoms with E-state index in [1.807, 2.05) is 4.57 Å². The van der Waals surface area contributed by atoms with Crippen LogP contribution < -0.4 is 5.73 Å². The average molecular weight is 225 g/mol. The average Bonchev–Trinajstić information content (AvgIpc) is 2.63. The quantitative estimate of drug-likeness (QED) is 0.804. The predicted molar refractivity (Wildman–Crippen MR) is 65.0 cm³/mol. The molecule has 1 aromatic rings. The fraction of sp³-hybridized carbons (Fsp3) is 0.750. The first-order valence-electron chi connectivity index (χ1n) is 5.88. The van der Waals surface area contributed by atoms with Crippen LogP contribution in [0.1, 0.15) is 52.0 Å². The predicted octanol–water partition coefficient (Wildman–Crippen LogP) is 1.87. The first-order valence-corrected chi connectivity index (χ1v) is 5.88. The summed E-state index contributed by atoms with van der Waals surface area (Å²) in [6.45, 7) is 8.33. The highest BCUT2D eigenvalue weighted by Gasteiger charge is 2.22. The Hall–Kier alpha value is -0.870. The molecule has 0 amide bonds. The van der Waals surface area contributed by atoms with Gasteiger partial charge in [-0.15, -0.1) is 0 Å². The molecule has 0 aliphatic rings. The van der Waals surface area contributed by atoms with Gasteiger partial charge in [-0.25, -0.2) is 4.98 Å². The highest BCUT2D eigenvalue weighted by atomic mass is 16.3. The summed E-state index contributed by atoms with van der Waals surface area (Å²) in [5, 5.41) is 10.2. The zero-order valence-corrected chi connectivity index (χ0v) is 10.6. The summed E-state index contributed by atoms with van der Waals surface area (Å²) in [6, 6.07) is 0.0626. The van der Waals surface area contributed by atoms with Gasteiger partial charge in [-0.2, -0.15) is 0 Å². The molecule has 0 spiro atoms. The van der Waals surface area contributed by atoms with Gasteiger partial charge in [0.1, 0.15) is 6.10 Å². The van der Waals surface area contributed by atoms with Crippen molar-refractivity contribution in [3.8, 4) is 0 Å². The van der Waals surface area contributed by atoms with Gasteiger partial charge in [-0.1, -0.05) is 13.8 Å². The molecule has 92 valence electrons. The van der Waals surface area contributed by atoms with Crippen LogP contribution in [0.2, 0.25) is 0 Å². The second kappa shape index (κ2) is 5.46.